The van der Waals surface area contributed by atoms with Crippen molar-refractivity contribution in [3.05, 3.63) is 65.2 Å². The molecule has 0 spiro atoms. The summed E-state index contributed by atoms with van der Waals surface area (Å²) in [6.45, 7) is 1.39. The molecule has 4 aromatic rings. The minimum atomic E-state index is -4.61. The molecule has 0 saturated heterocycles. The highest BCUT2D eigenvalue weighted by molar-refractivity contribution is 6.29. The first-order valence-electron chi connectivity index (χ1n) is 8.56. The molecule has 4 rings (SSSR count). The van der Waals surface area contributed by atoms with E-state index in [0.29, 0.717) is 16.8 Å². The van der Waals surface area contributed by atoms with Crippen LogP contribution in [-0.4, -0.2) is 30.3 Å². The topological polar surface area (TPSA) is 85.1 Å². The van der Waals surface area contributed by atoms with Crippen LogP contribution in [0.25, 0.3) is 17.0 Å². The smallest absolute Gasteiger partial charge is 0.338 e. The summed E-state index contributed by atoms with van der Waals surface area (Å²) in [7, 11) is 0. The van der Waals surface area contributed by atoms with Crippen molar-refractivity contribution in [2.45, 2.75) is 13.1 Å². The number of fused-ring (bicyclic) bond motifs is 1. The van der Waals surface area contributed by atoms with Gasteiger partial charge in [-0.15, -0.1) is 5.10 Å². The van der Waals surface area contributed by atoms with Gasteiger partial charge < -0.3 is 5.32 Å². The first-order valence-corrected chi connectivity index (χ1v) is 8.94. The monoisotopic (exact) mass is 432 g/mol. The average Bonchev–Trinajstić information content (AvgIpc) is 3.12. The van der Waals surface area contributed by atoms with Gasteiger partial charge in [0.05, 0.1) is 0 Å². The minimum Gasteiger partial charge on any atom is -0.338 e. The number of carbonyl (C=O) groups excluding carboxylic acids is 1. The fraction of sp³-hybridized carbons (Fsp3) is 0.105. The maximum atomic E-state index is 13.1. The third kappa shape index (κ3) is 3.81. The van der Waals surface area contributed by atoms with Crippen LogP contribution in [0.15, 0.2) is 48.8 Å². The SMILES string of the molecule is CC(=O)c1ccn2nc(-c3cccc(C(F)(F)F)n3)nc(Nc3ccnc(Cl)c3)c12. The second-order valence-corrected chi connectivity index (χ2v) is 6.65. The van der Waals surface area contributed by atoms with Crippen molar-refractivity contribution in [1.29, 1.82) is 0 Å². The molecule has 0 fully saturated rings. The Hall–Kier alpha value is -3.53. The average molecular weight is 433 g/mol. The van der Waals surface area contributed by atoms with Gasteiger partial charge in [-0.2, -0.15) is 13.2 Å². The lowest BCUT2D eigenvalue weighted by Gasteiger charge is -2.12. The largest absolute Gasteiger partial charge is 0.433 e. The Bertz CT molecular complexity index is 1270. The van der Waals surface area contributed by atoms with Gasteiger partial charge in [0.1, 0.15) is 22.1 Å². The van der Waals surface area contributed by atoms with Crippen LogP contribution in [0.5, 0.6) is 0 Å². The van der Waals surface area contributed by atoms with Crippen LogP contribution in [0, 0.1) is 0 Å². The highest BCUT2D eigenvalue weighted by Crippen LogP contribution is 2.30. The quantitative estimate of drug-likeness (QED) is 0.368. The molecular formula is C19H12ClF3N6O. The second-order valence-electron chi connectivity index (χ2n) is 6.26. The third-order valence-electron chi connectivity index (χ3n) is 4.15. The van der Waals surface area contributed by atoms with E-state index in [1.165, 1.54) is 36.0 Å². The van der Waals surface area contributed by atoms with E-state index in [2.05, 4.69) is 25.4 Å². The Labute approximate surface area is 172 Å². The van der Waals surface area contributed by atoms with Gasteiger partial charge in [0.15, 0.2) is 11.6 Å². The number of hydrogen-bond acceptors (Lipinski definition) is 6. The number of halogens is 4. The van der Waals surface area contributed by atoms with Crippen LogP contribution in [0.1, 0.15) is 23.0 Å². The molecule has 152 valence electrons. The number of carbonyl (C=O) groups is 1. The third-order valence-corrected chi connectivity index (χ3v) is 4.36. The Balaban J connectivity index is 1.90. The molecule has 1 N–H and O–H groups in total. The molecule has 0 radical (unpaired) electrons. The predicted octanol–water partition coefficient (Wildman–Crippen LogP) is 4.80. The van der Waals surface area contributed by atoms with Crippen molar-refractivity contribution in [3.8, 4) is 11.5 Å². The van der Waals surface area contributed by atoms with Crippen LogP contribution in [-0.2, 0) is 6.18 Å². The zero-order valence-electron chi connectivity index (χ0n) is 15.3. The van der Waals surface area contributed by atoms with Crippen molar-refractivity contribution in [1.82, 2.24) is 24.6 Å². The Morgan fingerprint density at radius 2 is 1.97 bits per heavy atom. The lowest BCUT2D eigenvalue weighted by atomic mass is 10.2. The van der Waals surface area contributed by atoms with Crippen LogP contribution in [0.2, 0.25) is 5.15 Å². The number of alkyl halides is 3. The lowest BCUT2D eigenvalue weighted by Crippen LogP contribution is -2.10. The first kappa shape index (κ1) is 19.8. The van der Waals surface area contributed by atoms with Crippen LogP contribution >= 0.6 is 11.6 Å². The van der Waals surface area contributed by atoms with Crippen molar-refractivity contribution < 1.29 is 18.0 Å². The standard InChI is InChI=1S/C19H12ClF3N6O/c1-10(30)12-6-8-29-16(12)18(25-11-5-7-24-15(20)9-11)27-17(28-29)13-3-2-4-14(26-13)19(21,22)23/h2-9H,1H3,(H,24,25,27,28). The number of ketones is 1. The molecule has 0 amide bonds. The van der Waals surface area contributed by atoms with Gasteiger partial charge in [-0.05, 0) is 37.3 Å². The molecule has 0 aromatic carbocycles. The summed E-state index contributed by atoms with van der Waals surface area (Å²) >= 11 is 5.92. The predicted molar refractivity (Wildman–Crippen MR) is 104 cm³/mol. The molecule has 0 bridgehead atoms. The first-order chi connectivity index (χ1) is 14.2. The Morgan fingerprint density at radius 1 is 1.17 bits per heavy atom. The zero-order chi connectivity index (χ0) is 21.5. The molecule has 0 atom stereocenters. The number of nitrogens with one attached hydrogen (secondary N) is 1. The molecule has 0 saturated carbocycles. The molecule has 0 aliphatic rings. The van der Waals surface area contributed by atoms with Crippen LogP contribution in [0.3, 0.4) is 0 Å². The normalized spacial score (nSPS) is 11.6. The fourth-order valence-corrected chi connectivity index (χ4v) is 3.01. The van der Waals surface area contributed by atoms with Gasteiger partial charge in [0, 0.05) is 23.6 Å². The minimum absolute atomic E-state index is 0.0537. The van der Waals surface area contributed by atoms with Crippen molar-refractivity contribution in [2.24, 2.45) is 0 Å². The van der Waals surface area contributed by atoms with Gasteiger partial charge in [-0.3, -0.25) is 4.79 Å². The van der Waals surface area contributed by atoms with Gasteiger partial charge in [-0.1, -0.05) is 17.7 Å². The molecular weight excluding hydrogens is 421 g/mol. The molecule has 0 aliphatic carbocycles. The van der Waals surface area contributed by atoms with Gasteiger partial charge >= 0.3 is 6.18 Å². The molecule has 30 heavy (non-hydrogen) atoms. The molecule has 11 heteroatoms. The second kappa shape index (κ2) is 7.38. The molecule has 4 aromatic heterocycles. The van der Waals surface area contributed by atoms with E-state index in [1.807, 2.05) is 0 Å². The van der Waals surface area contributed by atoms with E-state index in [0.717, 1.165) is 6.07 Å². The number of Topliss-reactive ketones (excluding diaryl/α,β-unsaturated/α-hetero) is 1. The van der Waals surface area contributed by atoms with E-state index in [-0.39, 0.29) is 28.3 Å². The van der Waals surface area contributed by atoms with E-state index < -0.39 is 11.9 Å². The lowest BCUT2D eigenvalue weighted by molar-refractivity contribution is -0.141. The summed E-state index contributed by atoms with van der Waals surface area (Å²) in [6, 6.07) is 8.19. The summed E-state index contributed by atoms with van der Waals surface area (Å²) in [6.07, 6.45) is -1.61. The van der Waals surface area contributed by atoms with Gasteiger partial charge in [-0.25, -0.2) is 19.5 Å². The van der Waals surface area contributed by atoms with Gasteiger partial charge in [0.2, 0.25) is 5.82 Å². The molecule has 0 unspecified atom stereocenters. The van der Waals surface area contributed by atoms with Crippen LogP contribution < -0.4 is 5.32 Å². The number of aromatic nitrogens is 5. The summed E-state index contributed by atoms with van der Waals surface area (Å²) in [5, 5.41) is 7.49. The number of anilines is 2. The Kier molecular flexibility index (Phi) is 4.86. The van der Waals surface area contributed by atoms with Crippen molar-refractivity contribution in [3.63, 3.8) is 0 Å². The van der Waals surface area contributed by atoms with Crippen molar-refractivity contribution >= 4 is 34.4 Å². The summed E-state index contributed by atoms with van der Waals surface area (Å²) in [5.74, 6) is -0.0690. The van der Waals surface area contributed by atoms with Gasteiger partial charge in [0.25, 0.3) is 0 Å². The summed E-state index contributed by atoms with van der Waals surface area (Å²) in [5.41, 5.74) is 0.110. The van der Waals surface area contributed by atoms with Crippen LogP contribution in [0.4, 0.5) is 24.7 Å². The number of rotatable bonds is 4. The molecule has 7 nitrogen and oxygen atoms in total. The fourth-order valence-electron chi connectivity index (χ4n) is 2.84. The highest BCUT2D eigenvalue weighted by Gasteiger charge is 2.32. The maximum absolute atomic E-state index is 13.1. The van der Waals surface area contributed by atoms with E-state index in [9.17, 15) is 18.0 Å². The molecule has 0 aliphatic heterocycles. The Morgan fingerprint density at radius 3 is 2.67 bits per heavy atom. The maximum Gasteiger partial charge on any atom is 0.433 e. The zero-order valence-corrected chi connectivity index (χ0v) is 16.0. The van der Waals surface area contributed by atoms with Crippen molar-refractivity contribution in [2.75, 3.05) is 5.32 Å². The van der Waals surface area contributed by atoms with E-state index in [1.54, 1.807) is 18.2 Å². The number of nitrogens with zero attached hydrogens (tertiary/aromatic N) is 5. The van der Waals surface area contributed by atoms with E-state index in [4.69, 9.17) is 11.6 Å². The highest BCUT2D eigenvalue weighted by atomic mass is 35.5. The summed E-state index contributed by atoms with van der Waals surface area (Å²) < 4.78 is 40.5. The number of hydrogen-bond donors (Lipinski definition) is 1. The van der Waals surface area contributed by atoms with E-state index >= 15 is 0 Å². The number of pyridine rings is 2. The summed E-state index contributed by atoms with van der Waals surface area (Å²) in [4.78, 5) is 23.9. The molecule has 4 heterocycles.